The van der Waals surface area contributed by atoms with Crippen LogP contribution in [-0.2, 0) is 4.79 Å². The molecule has 0 aliphatic rings. The Labute approximate surface area is 173 Å². The Bertz CT molecular complexity index is 760. The topological polar surface area (TPSA) is 70.6 Å². The highest BCUT2D eigenvalue weighted by Gasteiger charge is 2.19. The monoisotopic (exact) mass is 393 g/mol. The molecule has 0 aromatic heterocycles. The van der Waals surface area contributed by atoms with Crippen molar-refractivity contribution in [3.05, 3.63) is 71.8 Å². The van der Waals surface area contributed by atoms with Gasteiger partial charge in [0, 0.05) is 11.8 Å². The van der Waals surface area contributed by atoms with Gasteiger partial charge < -0.3 is 5.32 Å². The third-order valence-electron chi connectivity index (χ3n) is 4.65. The Morgan fingerprint density at radius 3 is 2.28 bits per heavy atom. The minimum Gasteiger partial charge on any atom is -0.345 e. The van der Waals surface area contributed by atoms with Gasteiger partial charge in [-0.2, -0.15) is 5.10 Å². The molecule has 0 heterocycles. The van der Waals surface area contributed by atoms with E-state index in [2.05, 4.69) is 22.8 Å². The maximum atomic E-state index is 12.5. The van der Waals surface area contributed by atoms with Crippen LogP contribution in [0.15, 0.2) is 65.8 Å². The van der Waals surface area contributed by atoms with Gasteiger partial charge in [-0.15, -0.1) is 0 Å². The molecule has 2 aromatic carbocycles. The summed E-state index contributed by atoms with van der Waals surface area (Å²) < 4.78 is 0. The average molecular weight is 394 g/mol. The Hall–Kier alpha value is -2.95. The van der Waals surface area contributed by atoms with Crippen LogP contribution in [0.4, 0.5) is 0 Å². The summed E-state index contributed by atoms with van der Waals surface area (Å²) in [4.78, 5) is 24.9. The van der Waals surface area contributed by atoms with Crippen LogP contribution in [0.5, 0.6) is 0 Å². The molecule has 2 amide bonds. The van der Waals surface area contributed by atoms with Crippen LogP contribution < -0.4 is 10.7 Å². The quantitative estimate of drug-likeness (QED) is 0.302. The summed E-state index contributed by atoms with van der Waals surface area (Å²) >= 11 is 0. The molecule has 0 radical (unpaired) electrons. The molecular weight excluding hydrogens is 362 g/mol. The van der Waals surface area contributed by atoms with E-state index in [1.807, 2.05) is 48.5 Å². The SMILES string of the molecule is CCCCCCC/C=N\NC(=O)C[C@@H](NC(=O)c1ccccc1)c1ccccc1. The van der Waals surface area contributed by atoms with Crippen LogP contribution in [0.1, 0.15) is 73.8 Å². The van der Waals surface area contributed by atoms with Gasteiger partial charge in [0.15, 0.2) is 0 Å². The highest BCUT2D eigenvalue weighted by atomic mass is 16.2. The first-order valence-electron chi connectivity index (χ1n) is 10.4. The normalized spacial score (nSPS) is 11.9. The number of hydrogen-bond donors (Lipinski definition) is 2. The molecular formula is C24H31N3O2. The Morgan fingerprint density at radius 2 is 1.59 bits per heavy atom. The largest absolute Gasteiger partial charge is 0.345 e. The number of nitrogens with zero attached hydrogens (tertiary/aromatic N) is 1. The summed E-state index contributed by atoms with van der Waals surface area (Å²) in [6.07, 6.45) is 8.75. The van der Waals surface area contributed by atoms with E-state index in [9.17, 15) is 9.59 Å². The molecule has 0 spiro atoms. The first-order valence-corrected chi connectivity index (χ1v) is 10.4. The Kier molecular flexibility index (Phi) is 10.2. The summed E-state index contributed by atoms with van der Waals surface area (Å²) in [6.45, 7) is 2.20. The molecule has 0 saturated heterocycles. The highest BCUT2D eigenvalue weighted by molar-refractivity contribution is 5.94. The van der Waals surface area contributed by atoms with Gasteiger partial charge in [0.1, 0.15) is 0 Å². The second-order valence-corrected chi connectivity index (χ2v) is 7.06. The van der Waals surface area contributed by atoms with E-state index in [-0.39, 0.29) is 18.2 Å². The zero-order valence-electron chi connectivity index (χ0n) is 17.1. The van der Waals surface area contributed by atoms with E-state index in [1.165, 1.54) is 25.7 Å². The zero-order chi connectivity index (χ0) is 20.7. The van der Waals surface area contributed by atoms with E-state index < -0.39 is 6.04 Å². The number of nitrogens with one attached hydrogen (secondary N) is 2. The summed E-state index contributed by atoms with van der Waals surface area (Å²) in [5.41, 5.74) is 4.02. The number of unbranched alkanes of at least 4 members (excludes halogenated alkanes) is 5. The van der Waals surface area contributed by atoms with Gasteiger partial charge in [-0.1, -0.05) is 81.1 Å². The number of rotatable bonds is 12. The lowest BCUT2D eigenvalue weighted by Gasteiger charge is -2.18. The molecule has 29 heavy (non-hydrogen) atoms. The third kappa shape index (κ3) is 8.73. The van der Waals surface area contributed by atoms with E-state index in [4.69, 9.17) is 0 Å². The molecule has 0 saturated carbocycles. The van der Waals surface area contributed by atoms with Crippen LogP contribution in [-0.4, -0.2) is 18.0 Å². The molecule has 5 heteroatoms. The van der Waals surface area contributed by atoms with Gasteiger partial charge >= 0.3 is 0 Å². The van der Waals surface area contributed by atoms with Gasteiger partial charge in [-0.25, -0.2) is 5.43 Å². The second kappa shape index (κ2) is 13.3. The Morgan fingerprint density at radius 1 is 0.931 bits per heavy atom. The molecule has 0 aliphatic carbocycles. The number of hydrazone groups is 1. The van der Waals surface area contributed by atoms with Crippen molar-refractivity contribution in [2.75, 3.05) is 0 Å². The molecule has 1 atom stereocenters. The number of carbonyl (C=O) groups is 2. The minimum absolute atomic E-state index is 0.121. The van der Waals surface area contributed by atoms with Crippen molar-refractivity contribution >= 4 is 18.0 Å². The fourth-order valence-electron chi connectivity index (χ4n) is 3.02. The number of amides is 2. The first kappa shape index (κ1) is 22.3. The lowest BCUT2D eigenvalue weighted by Crippen LogP contribution is -2.32. The summed E-state index contributed by atoms with van der Waals surface area (Å²) in [5.74, 6) is -0.433. The van der Waals surface area contributed by atoms with Crippen LogP contribution in [0.2, 0.25) is 0 Å². The van der Waals surface area contributed by atoms with E-state index in [0.29, 0.717) is 5.56 Å². The van der Waals surface area contributed by atoms with E-state index in [0.717, 1.165) is 18.4 Å². The molecule has 2 rings (SSSR count). The standard InChI is InChI=1S/C24H31N3O2/c1-2-3-4-5-6-13-18-25-27-23(28)19-22(20-14-9-7-10-15-20)26-24(29)21-16-11-8-12-17-21/h7-12,14-18,22H,2-6,13,19H2,1H3,(H,26,29)(H,27,28)/b25-18-/t22-/m1/s1. The third-order valence-corrected chi connectivity index (χ3v) is 4.65. The first-order chi connectivity index (χ1) is 14.2. The maximum absolute atomic E-state index is 12.5. The van der Waals surface area contributed by atoms with Gasteiger partial charge in [0.05, 0.1) is 12.5 Å². The zero-order valence-corrected chi connectivity index (χ0v) is 17.1. The molecule has 0 unspecified atom stereocenters. The highest BCUT2D eigenvalue weighted by Crippen LogP contribution is 2.17. The predicted molar refractivity (Wildman–Crippen MR) is 118 cm³/mol. The molecule has 2 aromatic rings. The lowest BCUT2D eigenvalue weighted by atomic mass is 10.0. The van der Waals surface area contributed by atoms with Crippen molar-refractivity contribution in [1.29, 1.82) is 0 Å². The average Bonchev–Trinajstić information content (AvgIpc) is 2.76. The van der Waals surface area contributed by atoms with Crippen molar-refractivity contribution < 1.29 is 9.59 Å². The van der Waals surface area contributed by atoms with E-state index in [1.54, 1.807) is 18.3 Å². The summed E-state index contributed by atoms with van der Waals surface area (Å²) in [5, 5.41) is 7.00. The van der Waals surface area contributed by atoms with Crippen LogP contribution in [0, 0.1) is 0 Å². The van der Waals surface area contributed by atoms with Crippen LogP contribution >= 0.6 is 0 Å². The smallest absolute Gasteiger partial charge is 0.251 e. The van der Waals surface area contributed by atoms with Gasteiger partial charge in [-0.05, 0) is 30.5 Å². The summed E-state index contributed by atoms with van der Waals surface area (Å²) in [7, 11) is 0. The van der Waals surface area contributed by atoms with E-state index >= 15 is 0 Å². The van der Waals surface area contributed by atoms with Crippen LogP contribution in [0.3, 0.4) is 0 Å². The number of benzene rings is 2. The van der Waals surface area contributed by atoms with Gasteiger partial charge in [0.2, 0.25) is 5.91 Å². The van der Waals surface area contributed by atoms with Crippen molar-refractivity contribution in [2.45, 2.75) is 57.9 Å². The molecule has 0 bridgehead atoms. The molecule has 154 valence electrons. The van der Waals surface area contributed by atoms with Crippen molar-refractivity contribution in [3.8, 4) is 0 Å². The predicted octanol–water partition coefficient (Wildman–Crippen LogP) is 5.01. The van der Waals surface area contributed by atoms with Crippen LogP contribution in [0.25, 0.3) is 0 Å². The number of hydrogen-bond acceptors (Lipinski definition) is 3. The van der Waals surface area contributed by atoms with Crippen molar-refractivity contribution in [3.63, 3.8) is 0 Å². The molecule has 5 nitrogen and oxygen atoms in total. The van der Waals surface area contributed by atoms with Gasteiger partial charge in [-0.3, -0.25) is 9.59 Å². The fraction of sp³-hybridized carbons (Fsp3) is 0.375. The maximum Gasteiger partial charge on any atom is 0.251 e. The summed E-state index contributed by atoms with van der Waals surface area (Å²) in [6, 6.07) is 18.1. The molecule has 0 fully saturated rings. The number of carbonyl (C=O) groups excluding carboxylic acids is 2. The Balaban J connectivity index is 1.87. The minimum atomic E-state index is -0.423. The fourth-order valence-corrected chi connectivity index (χ4v) is 3.02. The second-order valence-electron chi connectivity index (χ2n) is 7.06. The molecule has 2 N–H and O–H groups in total. The van der Waals surface area contributed by atoms with Crippen molar-refractivity contribution in [1.82, 2.24) is 10.7 Å². The lowest BCUT2D eigenvalue weighted by molar-refractivity contribution is -0.121. The molecule has 0 aliphatic heterocycles. The van der Waals surface area contributed by atoms with Crippen molar-refractivity contribution in [2.24, 2.45) is 5.10 Å². The van der Waals surface area contributed by atoms with Gasteiger partial charge in [0.25, 0.3) is 5.91 Å².